The predicted molar refractivity (Wildman–Crippen MR) is 88.7 cm³/mol. The lowest BCUT2D eigenvalue weighted by Crippen LogP contribution is -2.34. The maximum atomic E-state index is 12.9. The molecule has 0 aliphatic carbocycles. The van der Waals surface area contributed by atoms with Crippen LogP contribution in [0.3, 0.4) is 0 Å². The van der Waals surface area contributed by atoms with E-state index in [4.69, 9.17) is 0 Å². The van der Waals surface area contributed by atoms with Gasteiger partial charge >= 0.3 is 6.18 Å². The van der Waals surface area contributed by atoms with E-state index in [1.54, 1.807) is 6.92 Å². The molecule has 2 N–H and O–H groups in total. The Hall–Kier alpha value is -2.68. The van der Waals surface area contributed by atoms with Gasteiger partial charge in [0.05, 0.1) is 6.10 Å². The Morgan fingerprint density at radius 1 is 1.22 bits per heavy atom. The van der Waals surface area contributed by atoms with Gasteiger partial charge in [0, 0.05) is 12.1 Å². The fourth-order valence-corrected chi connectivity index (χ4v) is 2.29. The molecule has 1 aromatic heterocycles. The summed E-state index contributed by atoms with van der Waals surface area (Å²) in [5.74, 6) is -1.36. The number of halogens is 4. The highest BCUT2D eigenvalue weighted by molar-refractivity contribution is 5.92. The molecule has 1 aromatic carbocycles. The highest BCUT2D eigenvalue weighted by Gasteiger charge is 2.28. The zero-order valence-electron chi connectivity index (χ0n) is 14.3. The fraction of sp³-hybridized carbons (Fsp3) is 0.333. The van der Waals surface area contributed by atoms with E-state index >= 15 is 0 Å². The molecule has 0 fully saturated rings. The van der Waals surface area contributed by atoms with Crippen molar-refractivity contribution < 1.29 is 32.2 Å². The number of carbonyl (C=O) groups is 1. The van der Waals surface area contributed by atoms with E-state index in [9.17, 15) is 27.5 Å². The van der Waals surface area contributed by atoms with E-state index in [2.05, 4.69) is 15.0 Å². The first-order chi connectivity index (χ1) is 12.6. The van der Waals surface area contributed by atoms with Gasteiger partial charge in [0.15, 0.2) is 6.61 Å². The van der Waals surface area contributed by atoms with Crippen LogP contribution in [0, 0.1) is 5.82 Å². The maximum absolute atomic E-state index is 12.9. The quantitative estimate of drug-likeness (QED) is 0.716. The summed E-state index contributed by atoms with van der Waals surface area (Å²) in [5.41, 5.74) is 0.385. The minimum atomic E-state index is -4.51. The second kappa shape index (κ2) is 8.81. The number of benzene rings is 1. The third-order valence-electron chi connectivity index (χ3n) is 3.55. The lowest BCUT2D eigenvalue weighted by molar-refractivity contribution is -0.154. The average Bonchev–Trinajstić information content (AvgIpc) is 2.60. The molecule has 0 aliphatic rings. The zero-order chi connectivity index (χ0) is 20.0. The van der Waals surface area contributed by atoms with Crippen LogP contribution in [0.15, 0.2) is 42.5 Å². The molecule has 0 saturated carbocycles. The van der Waals surface area contributed by atoms with Gasteiger partial charge in [0.1, 0.15) is 11.5 Å². The van der Waals surface area contributed by atoms with E-state index in [0.29, 0.717) is 5.56 Å². The number of hydrogen-bond donors (Lipinski definition) is 2. The zero-order valence-corrected chi connectivity index (χ0v) is 14.3. The molecular formula is C18H18F4N2O3. The summed E-state index contributed by atoms with van der Waals surface area (Å²) < 4.78 is 54.0. The van der Waals surface area contributed by atoms with Crippen LogP contribution in [0.25, 0.3) is 0 Å². The number of nitrogens with zero attached hydrogens (tertiary/aromatic N) is 1. The fourth-order valence-electron chi connectivity index (χ4n) is 2.29. The van der Waals surface area contributed by atoms with Crippen LogP contribution in [0.2, 0.25) is 0 Å². The summed E-state index contributed by atoms with van der Waals surface area (Å²) >= 11 is 0. The van der Waals surface area contributed by atoms with Gasteiger partial charge in [-0.15, -0.1) is 0 Å². The molecule has 5 nitrogen and oxygen atoms in total. The van der Waals surface area contributed by atoms with Crippen molar-refractivity contribution in [2.45, 2.75) is 31.7 Å². The average molecular weight is 386 g/mol. The second-order valence-electron chi connectivity index (χ2n) is 5.94. The molecule has 0 aliphatic heterocycles. The van der Waals surface area contributed by atoms with Crippen LogP contribution < -0.4 is 10.1 Å². The van der Waals surface area contributed by atoms with Gasteiger partial charge < -0.3 is 15.2 Å². The molecule has 2 rings (SSSR count). The molecule has 1 heterocycles. The minimum absolute atomic E-state index is 0.113. The van der Waals surface area contributed by atoms with Crippen molar-refractivity contribution >= 4 is 5.91 Å². The Bertz CT molecular complexity index is 766. The van der Waals surface area contributed by atoms with Gasteiger partial charge in [-0.2, -0.15) is 13.2 Å². The number of pyridine rings is 1. The van der Waals surface area contributed by atoms with Gasteiger partial charge in [-0.25, -0.2) is 9.37 Å². The third-order valence-corrected chi connectivity index (χ3v) is 3.55. The molecule has 2 aromatic rings. The van der Waals surface area contributed by atoms with Crippen LogP contribution in [0.5, 0.6) is 5.88 Å². The number of aliphatic hydroxyl groups is 1. The number of aromatic nitrogens is 1. The Labute approximate surface area is 153 Å². The summed E-state index contributed by atoms with van der Waals surface area (Å²) in [7, 11) is 0. The Morgan fingerprint density at radius 3 is 2.52 bits per heavy atom. The Kier molecular flexibility index (Phi) is 6.73. The van der Waals surface area contributed by atoms with E-state index in [1.165, 1.54) is 42.5 Å². The van der Waals surface area contributed by atoms with E-state index < -0.39 is 36.7 Å². The van der Waals surface area contributed by atoms with Crippen molar-refractivity contribution in [1.29, 1.82) is 0 Å². The smallest absolute Gasteiger partial charge is 0.422 e. The topological polar surface area (TPSA) is 71.5 Å². The number of aliphatic hydroxyl groups excluding tert-OH is 1. The molecule has 1 amide bonds. The molecule has 2 atom stereocenters. The monoisotopic (exact) mass is 386 g/mol. The number of amides is 1. The van der Waals surface area contributed by atoms with Crippen molar-refractivity contribution in [3.8, 4) is 5.88 Å². The maximum Gasteiger partial charge on any atom is 0.422 e. The van der Waals surface area contributed by atoms with E-state index in [-0.39, 0.29) is 18.0 Å². The number of alkyl halides is 3. The molecule has 0 radical (unpaired) electrons. The minimum Gasteiger partial charge on any atom is -0.468 e. The summed E-state index contributed by atoms with van der Waals surface area (Å²) in [4.78, 5) is 15.9. The number of carbonyl (C=O) groups excluding carboxylic acids is 1. The second-order valence-corrected chi connectivity index (χ2v) is 5.94. The Morgan fingerprint density at radius 2 is 1.89 bits per heavy atom. The van der Waals surface area contributed by atoms with Crippen LogP contribution in [0.1, 0.15) is 35.5 Å². The highest BCUT2D eigenvalue weighted by Crippen LogP contribution is 2.19. The van der Waals surface area contributed by atoms with Gasteiger partial charge in [0.2, 0.25) is 5.88 Å². The number of rotatable bonds is 7. The summed E-state index contributed by atoms with van der Waals surface area (Å²) in [5, 5.41) is 12.7. The molecule has 0 bridgehead atoms. The van der Waals surface area contributed by atoms with Crippen molar-refractivity contribution in [3.63, 3.8) is 0 Å². The van der Waals surface area contributed by atoms with Crippen molar-refractivity contribution in [2.24, 2.45) is 0 Å². The van der Waals surface area contributed by atoms with Gasteiger partial charge in [-0.05, 0) is 37.1 Å². The first-order valence-corrected chi connectivity index (χ1v) is 8.05. The SMILES string of the molecule is C[C@H](C[C@@H](O)c1ccc(F)cc1)NC(=O)c1cccc(OCC(F)(F)F)n1. The molecule has 146 valence electrons. The number of ether oxygens (including phenoxy) is 1. The summed E-state index contributed by atoms with van der Waals surface area (Å²) in [6.45, 7) is 0.139. The normalized spacial score (nSPS) is 13.7. The first-order valence-electron chi connectivity index (χ1n) is 8.05. The number of hydrogen-bond acceptors (Lipinski definition) is 4. The van der Waals surface area contributed by atoms with Crippen molar-refractivity contribution in [3.05, 3.63) is 59.5 Å². The van der Waals surface area contributed by atoms with Crippen LogP contribution in [-0.2, 0) is 0 Å². The molecular weight excluding hydrogens is 368 g/mol. The van der Waals surface area contributed by atoms with E-state index in [1.807, 2.05) is 0 Å². The van der Waals surface area contributed by atoms with Crippen LogP contribution >= 0.6 is 0 Å². The first kappa shape index (κ1) is 20.6. The standard InChI is InChI=1S/C18H18F4N2O3/c1-11(9-15(25)12-5-7-13(19)8-6-12)23-17(26)14-3-2-4-16(24-14)27-10-18(20,21)22/h2-8,11,15,25H,9-10H2,1H3,(H,23,26)/t11-,15-/m1/s1. The van der Waals surface area contributed by atoms with Crippen LogP contribution in [-0.4, -0.2) is 34.8 Å². The largest absolute Gasteiger partial charge is 0.468 e. The molecule has 0 unspecified atom stereocenters. The van der Waals surface area contributed by atoms with E-state index in [0.717, 1.165) is 0 Å². The van der Waals surface area contributed by atoms with Gasteiger partial charge in [-0.1, -0.05) is 18.2 Å². The third kappa shape index (κ3) is 6.86. The van der Waals surface area contributed by atoms with Gasteiger partial charge in [0.25, 0.3) is 5.91 Å². The lowest BCUT2D eigenvalue weighted by atomic mass is 10.0. The lowest BCUT2D eigenvalue weighted by Gasteiger charge is -2.18. The summed E-state index contributed by atoms with van der Waals surface area (Å²) in [6.07, 6.45) is -5.28. The van der Waals surface area contributed by atoms with Crippen molar-refractivity contribution in [1.82, 2.24) is 10.3 Å². The highest BCUT2D eigenvalue weighted by atomic mass is 19.4. The molecule has 0 spiro atoms. The molecule has 27 heavy (non-hydrogen) atoms. The molecule has 9 heteroatoms. The van der Waals surface area contributed by atoms with Gasteiger partial charge in [-0.3, -0.25) is 4.79 Å². The van der Waals surface area contributed by atoms with Crippen LogP contribution in [0.4, 0.5) is 17.6 Å². The molecule has 0 saturated heterocycles. The predicted octanol–water partition coefficient (Wildman–Crippen LogP) is 3.40. The number of nitrogens with one attached hydrogen (secondary N) is 1. The summed E-state index contributed by atoms with van der Waals surface area (Å²) in [6, 6.07) is 8.75. The van der Waals surface area contributed by atoms with Crippen molar-refractivity contribution in [2.75, 3.05) is 6.61 Å². The Balaban J connectivity index is 1.92.